The Morgan fingerprint density at radius 2 is 1.05 bits per heavy atom. The normalized spacial score (nSPS) is 20.0. The van der Waals surface area contributed by atoms with Crippen LogP contribution < -0.4 is 10.6 Å². The van der Waals surface area contributed by atoms with Gasteiger partial charge in [0.1, 0.15) is 0 Å². The van der Waals surface area contributed by atoms with Gasteiger partial charge in [0, 0.05) is 21.7 Å². The summed E-state index contributed by atoms with van der Waals surface area (Å²) in [5, 5.41) is 7.44. The van der Waals surface area contributed by atoms with E-state index in [-0.39, 0.29) is 35.0 Å². The van der Waals surface area contributed by atoms with Gasteiger partial charge in [-0.25, -0.2) is 0 Å². The second kappa shape index (κ2) is 17.5. The molecule has 0 bridgehead atoms. The number of rotatable bonds is 10. The van der Waals surface area contributed by atoms with Gasteiger partial charge in [-0.15, -0.1) is 0 Å². The van der Waals surface area contributed by atoms with E-state index in [1.807, 2.05) is 48.5 Å². The summed E-state index contributed by atoms with van der Waals surface area (Å²) in [4.78, 5) is 31.4. The van der Waals surface area contributed by atoms with Crippen molar-refractivity contribution in [1.29, 1.82) is 0 Å². The summed E-state index contributed by atoms with van der Waals surface area (Å²) in [6, 6.07) is 28.4. The van der Waals surface area contributed by atoms with Crippen LogP contribution in [0.3, 0.4) is 0 Å². The van der Waals surface area contributed by atoms with E-state index in [0.717, 1.165) is 94.4 Å². The third-order valence-corrected chi connectivity index (χ3v) is 13.3. The Hall–Kier alpha value is -3.89. The monoisotopic (exact) mass is 818 g/mol. The van der Waals surface area contributed by atoms with Gasteiger partial charge in [-0.1, -0.05) is 83.9 Å². The minimum atomic E-state index is -4.42. The van der Waals surface area contributed by atoms with Crippen molar-refractivity contribution in [1.82, 2.24) is 20.4 Å². The van der Waals surface area contributed by atoms with Crippen LogP contribution in [0.4, 0.5) is 13.2 Å². The van der Waals surface area contributed by atoms with Gasteiger partial charge in [-0.05, 0) is 150 Å². The number of hydrogen-bond acceptors (Lipinski definition) is 4. The molecule has 4 aromatic carbocycles. The quantitative estimate of drug-likeness (QED) is 0.167. The van der Waals surface area contributed by atoms with Crippen LogP contribution in [0.25, 0.3) is 0 Å². The van der Waals surface area contributed by atoms with Crippen molar-refractivity contribution in [3.8, 4) is 0 Å². The van der Waals surface area contributed by atoms with Gasteiger partial charge in [-0.2, -0.15) is 13.2 Å². The molecule has 57 heavy (non-hydrogen) atoms. The maximum atomic E-state index is 13.2. The lowest BCUT2D eigenvalue weighted by Crippen LogP contribution is -2.60. The minimum absolute atomic E-state index is 0.00636. The van der Waals surface area contributed by atoms with Crippen LogP contribution in [0.15, 0.2) is 97.1 Å². The first-order valence-electron chi connectivity index (χ1n) is 20.3. The topological polar surface area (TPSA) is 64.7 Å². The number of benzene rings is 4. The molecule has 302 valence electrons. The smallest absolute Gasteiger partial charge is 0.343 e. The minimum Gasteiger partial charge on any atom is -0.343 e. The van der Waals surface area contributed by atoms with Gasteiger partial charge < -0.3 is 10.6 Å². The lowest BCUT2D eigenvalue weighted by atomic mass is 9.68. The molecule has 0 radical (unpaired) electrons. The summed E-state index contributed by atoms with van der Waals surface area (Å²) >= 11 is 12.3. The van der Waals surface area contributed by atoms with Crippen molar-refractivity contribution in [2.45, 2.75) is 100 Å². The van der Waals surface area contributed by atoms with Crippen LogP contribution in [-0.4, -0.2) is 58.9 Å². The van der Waals surface area contributed by atoms with Crippen LogP contribution in [0, 0.1) is 6.92 Å². The molecule has 2 N–H and O–H groups in total. The van der Waals surface area contributed by atoms with Crippen LogP contribution in [-0.2, 0) is 6.18 Å². The number of alkyl halides is 3. The van der Waals surface area contributed by atoms with Gasteiger partial charge in [0.15, 0.2) is 0 Å². The molecule has 2 unspecified atom stereocenters. The molecule has 2 aliphatic heterocycles. The lowest BCUT2D eigenvalue weighted by Gasteiger charge is -2.54. The molecule has 4 fully saturated rings. The lowest BCUT2D eigenvalue weighted by molar-refractivity contribution is -0.137. The fraction of sp³-hybridized carbons (Fsp3) is 0.435. The number of carbonyl (C=O) groups is 2. The number of halogens is 5. The summed E-state index contributed by atoms with van der Waals surface area (Å²) in [5.74, 6) is -0.462. The van der Waals surface area contributed by atoms with Crippen molar-refractivity contribution >= 4 is 35.0 Å². The Morgan fingerprint density at radius 1 is 0.614 bits per heavy atom. The predicted octanol–water partition coefficient (Wildman–Crippen LogP) is 11.0. The highest BCUT2D eigenvalue weighted by atomic mass is 35.5. The average Bonchev–Trinajstić information content (AvgIpc) is 3.90. The Balaban J connectivity index is 0.000000175. The first-order chi connectivity index (χ1) is 27.4. The molecule has 8 rings (SSSR count). The van der Waals surface area contributed by atoms with Gasteiger partial charge >= 0.3 is 6.18 Å². The summed E-state index contributed by atoms with van der Waals surface area (Å²) in [6.45, 7) is 5.83. The number of likely N-dealkylation sites (tertiary alicyclic amines) is 2. The molecule has 4 aliphatic rings. The van der Waals surface area contributed by atoms with Crippen LogP contribution in [0.2, 0.25) is 10.0 Å². The predicted molar refractivity (Wildman–Crippen MR) is 221 cm³/mol. The van der Waals surface area contributed by atoms with Crippen molar-refractivity contribution in [3.05, 3.63) is 140 Å². The van der Waals surface area contributed by atoms with Gasteiger partial charge in [0.25, 0.3) is 11.8 Å². The Kier molecular flexibility index (Phi) is 12.7. The molecule has 0 spiro atoms. The highest BCUT2D eigenvalue weighted by molar-refractivity contribution is 6.36. The zero-order chi connectivity index (χ0) is 40.2. The van der Waals surface area contributed by atoms with Crippen molar-refractivity contribution in [3.63, 3.8) is 0 Å². The number of nitrogens with zero attached hydrogens (tertiary/aromatic N) is 2. The third kappa shape index (κ3) is 8.78. The molecule has 2 amide bonds. The van der Waals surface area contributed by atoms with Crippen molar-refractivity contribution < 1.29 is 22.8 Å². The van der Waals surface area contributed by atoms with Crippen LogP contribution >= 0.6 is 23.2 Å². The summed E-state index contributed by atoms with van der Waals surface area (Å²) < 4.78 is 39.0. The maximum absolute atomic E-state index is 13.2. The molecule has 6 nitrogen and oxygen atoms in total. The number of nitrogens with one attached hydrogen (secondary N) is 2. The molecule has 0 aromatic heterocycles. The first-order valence-corrected chi connectivity index (χ1v) is 21.0. The summed E-state index contributed by atoms with van der Waals surface area (Å²) in [7, 11) is 0. The Labute approximate surface area is 344 Å². The van der Waals surface area contributed by atoms with Crippen LogP contribution in [0.5, 0.6) is 0 Å². The van der Waals surface area contributed by atoms with E-state index in [0.29, 0.717) is 26.7 Å². The Morgan fingerprint density at radius 3 is 1.44 bits per heavy atom. The van der Waals surface area contributed by atoms with Crippen molar-refractivity contribution in [2.24, 2.45) is 0 Å². The molecule has 2 heterocycles. The number of amides is 2. The SMILES string of the molecule is Cc1cc(C(F)(F)F)ccc1C(=O)NC(c1ccccc1)C1(N2CCCC2)CCC1.O=C(NC(c1ccccc1)C1(N2CCCC2)CCC1)c1ccc(Cl)cc1Cl. The van der Waals surface area contributed by atoms with E-state index >= 15 is 0 Å². The van der Waals surface area contributed by atoms with E-state index in [4.69, 9.17) is 23.2 Å². The summed E-state index contributed by atoms with van der Waals surface area (Å²) in [6.07, 6.45) is 6.95. The molecular formula is C46H51Cl2F3N4O2. The molecule has 2 aliphatic carbocycles. The second-order valence-electron chi connectivity index (χ2n) is 16.1. The molecule has 2 saturated heterocycles. The maximum Gasteiger partial charge on any atom is 0.416 e. The van der Waals surface area contributed by atoms with E-state index in [2.05, 4.69) is 32.6 Å². The third-order valence-electron chi connectivity index (χ3n) is 12.8. The fourth-order valence-corrected chi connectivity index (χ4v) is 10.0. The van der Waals surface area contributed by atoms with E-state index < -0.39 is 11.7 Å². The molecule has 11 heteroatoms. The van der Waals surface area contributed by atoms with Gasteiger partial charge in [-0.3, -0.25) is 19.4 Å². The zero-order valence-electron chi connectivity index (χ0n) is 32.4. The van der Waals surface area contributed by atoms with Crippen molar-refractivity contribution in [2.75, 3.05) is 26.2 Å². The van der Waals surface area contributed by atoms with E-state index in [1.54, 1.807) is 25.1 Å². The average molecular weight is 820 g/mol. The van der Waals surface area contributed by atoms with Gasteiger partial charge in [0.05, 0.1) is 28.2 Å². The zero-order valence-corrected chi connectivity index (χ0v) is 33.9. The standard InChI is InChI=1S/C24H27F3N2O.C22H24Cl2N2O/c1-17-16-19(24(25,26)27)10-11-20(17)22(30)28-21(18-8-3-2-4-9-18)23(12-7-13-23)29-14-5-6-15-29;23-17-9-10-18(19(24)15-17)21(27)25-20(16-7-2-1-3-8-16)22(11-6-12-22)26-13-4-5-14-26/h2-4,8-11,16,21H,5-7,12-15H2,1H3,(H,28,30);1-3,7-10,15,20H,4-6,11-14H2,(H,25,27). The molecule has 4 aromatic rings. The van der Waals surface area contributed by atoms with Gasteiger partial charge in [0.2, 0.25) is 0 Å². The van der Waals surface area contributed by atoms with E-state index in [1.165, 1.54) is 25.3 Å². The highest BCUT2D eigenvalue weighted by Crippen LogP contribution is 2.49. The summed E-state index contributed by atoms with van der Waals surface area (Å²) in [5.41, 5.74) is 2.45. The number of aryl methyl sites for hydroxylation is 1. The highest BCUT2D eigenvalue weighted by Gasteiger charge is 2.51. The fourth-order valence-electron chi connectivity index (χ4n) is 9.51. The number of carbonyl (C=O) groups excluding carboxylic acids is 2. The molecule has 2 atom stereocenters. The van der Waals surface area contributed by atoms with E-state index in [9.17, 15) is 22.8 Å². The van der Waals surface area contributed by atoms with Crippen LogP contribution in [0.1, 0.15) is 119 Å². The molecule has 2 saturated carbocycles. The second-order valence-corrected chi connectivity index (χ2v) is 16.9. The largest absolute Gasteiger partial charge is 0.416 e. The molecular weight excluding hydrogens is 768 g/mol. The first kappa shape index (κ1) is 41.3. The Bertz CT molecular complexity index is 2010. The number of hydrogen-bond donors (Lipinski definition) is 2.